The number of carbonyl (C=O) groups excluding carboxylic acids is 1. The van der Waals surface area contributed by atoms with Crippen LogP contribution in [-0.2, 0) is 0 Å². The third kappa shape index (κ3) is 1.80. The van der Waals surface area contributed by atoms with Crippen LogP contribution in [0.1, 0.15) is 17.0 Å². The first-order chi connectivity index (χ1) is 6.81. The van der Waals surface area contributed by atoms with Gasteiger partial charge in [-0.25, -0.2) is 0 Å². The topological polar surface area (TPSA) is 33.5 Å². The van der Waals surface area contributed by atoms with E-state index < -0.39 is 0 Å². The Bertz CT molecular complexity index is 318. The quantitative estimate of drug-likeness (QED) is 0.716. The van der Waals surface area contributed by atoms with E-state index in [1.54, 1.807) is 6.07 Å². The number of anilines is 1. The molecule has 0 aliphatic carbocycles. The van der Waals surface area contributed by atoms with Gasteiger partial charge in [0.1, 0.15) is 0 Å². The molecule has 1 aliphatic heterocycles. The summed E-state index contributed by atoms with van der Waals surface area (Å²) in [6.07, 6.45) is 1.93. The van der Waals surface area contributed by atoms with Gasteiger partial charge in [-0.2, -0.15) is 11.8 Å². The molecule has 1 aliphatic rings. The molecule has 2 heterocycles. The van der Waals surface area contributed by atoms with E-state index in [0.717, 1.165) is 17.9 Å². The second-order valence-corrected chi connectivity index (χ2v) is 4.57. The highest BCUT2D eigenvalue weighted by Crippen LogP contribution is 2.26. The van der Waals surface area contributed by atoms with E-state index in [4.69, 9.17) is 4.42 Å². The molecule has 1 unspecified atom stereocenters. The van der Waals surface area contributed by atoms with E-state index in [9.17, 15) is 4.79 Å². The van der Waals surface area contributed by atoms with Crippen LogP contribution in [0.15, 0.2) is 16.5 Å². The maximum absolute atomic E-state index is 10.4. The van der Waals surface area contributed by atoms with Gasteiger partial charge in [0.15, 0.2) is 17.9 Å². The summed E-state index contributed by atoms with van der Waals surface area (Å²) in [7, 11) is 2.02. The lowest BCUT2D eigenvalue weighted by molar-refractivity contribution is 0.110. The molecular weight excluding hydrogens is 198 g/mol. The van der Waals surface area contributed by atoms with Gasteiger partial charge >= 0.3 is 0 Å². The van der Waals surface area contributed by atoms with Gasteiger partial charge < -0.3 is 9.32 Å². The average Bonchev–Trinajstić information content (AvgIpc) is 2.88. The summed E-state index contributed by atoms with van der Waals surface area (Å²) in [4.78, 5) is 12.6. The van der Waals surface area contributed by atoms with Crippen molar-refractivity contribution in [3.63, 3.8) is 0 Å². The zero-order valence-corrected chi connectivity index (χ0v) is 8.92. The van der Waals surface area contributed by atoms with Crippen molar-refractivity contribution in [3.8, 4) is 0 Å². The number of furan rings is 1. The van der Waals surface area contributed by atoms with Crippen molar-refractivity contribution in [1.82, 2.24) is 0 Å². The molecular formula is C10H13NO2S. The molecule has 0 N–H and O–H groups in total. The standard InChI is InChI=1S/C10H13NO2S/c1-11(8-4-5-14-7-8)10-3-2-9(6-12)13-10/h2-3,6,8H,4-5,7H2,1H3. The molecule has 0 saturated carbocycles. The molecule has 1 fully saturated rings. The Morgan fingerprint density at radius 2 is 2.50 bits per heavy atom. The summed E-state index contributed by atoms with van der Waals surface area (Å²) in [6.45, 7) is 0. The van der Waals surface area contributed by atoms with Gasteiger partial charge in [-0.1, -0.05) is 0 Å². The Hall–Kier alpha value is -0.900. The minimum Gasteiger partial charge on any atom is -0.438 e. The Kier molecular flexibility index (Phi) is 2.82. The van der Waals surface area contributed by atoms with Crippen LogP contribution in [-0.4, -0.2) is 30.9 Å². The second kappa shape index (κ2) is 4.09. The monoisotopic (exact) mass is 211 g/mol. The average molecular weight is 211 g/mol. The molecule has 0 spiro atoms. The Morgan fingerprint density at radius 3 is 3.07 bits per heavy atom. The Morgan fingerprint density at radius 1 is 1.64 bits per heavy atom. The first-order valence-electron chi connectivity index (χ1n) is 4.67. The zero-order valence-electron chi connectivity index (χ0n) is 8.10. The summed E-state index contributed by atoms with van der Waals surface area (Å²) in [5.41, 5.74) is 0. The molecule has 1 atom stereocenters. The van der Waals surface area contributed by atoms with Crippen molar-refractivity contribution in [2.75, 3.05) is 23.5 Å². The number of rotatable bonds is 3. The number of aldehydes is 1. The summed E-state index contributed by atoms with van der Waals surface area (Å²) in [6, 6.07) is 4.11. The summed E-state index contributed by atoms with van der Waals surface area (Å²) < 4.78 is 5.36. The molecule has 2 rings (SSSR count). The molecule has 3 nitrogen and oxygen atoms in total. The van der Waals surface area contributed by atoms with Crippen molar-refractivity contribution in [3.05, 3.63) is 17.9 Å². The lowest BCUT2D eigenvalue weighted by atomic mass is 10.2. The van der Waals surface area contributed by atoms with Gasteiger partial charge in [0.2, 0.25) is 0 Å². The van der Waals surface area contributed by atoms with E-state index in [-0.39, 0.29) is 0 Å². The van der Waals surface area contributed by atoms with Crippen molar-refractivity contribution < 1.29 is 9.21 Å². The fourth-order valence-corrected chi connectivity index (χ4v) is 2.87. The van der Waals surface area contributed by atoms with Crippen molar-refractivity contribution in [1.29, 1.82) is 0 Å². The van der Waals surface area contributed by atoms with Gasteiger partial charge in [0.25, 0.3) is 0 Å². The highest BCUT2D eigenvalue weighted by Gasteiger charge is 2.22. The molecule has 1 saturated heterocycles. The number of carbonyl (C=O) groups is 1. The number of hydrogen-bond donors (Lipinski definition) is 0. The molecule has 14 heavy (non-hydrogen) atoms. The Labute approximate surface area is 87.5 Å². The molecule has 1 aromatic rings. The van der Waals surface area contributed by atoms with Crippen molar-refractivity contribution >= 4 is 23.9 Å². The predicted octanol–water partition coefficient (Wildman–Crippen LogP) is 2.03. The van der Waals surface area contributed by atoms with E-state index in [1.165, 1.54) is 12.2 Å². The van der Waals surface area contributed by atoms with Gasteiger partial charge in [-0.3, -0.25) is 4.79 Å². The lowest BCUT2D eigenvalue weighted by Crippen LogP contribution is -2.30. The smallest absolute Gasteiger partial charge is 0.196 e. The minimum atomic E-state index is 0.400. The van der Waals surface area contributed by atoms with Crippen LogP contribution in [0.4, 0.5) is 5.88 Å². The van der Waals surface area contributed by atoms with Crippen molar-refractivity contribution in [2.45, 2.75) is 12.5 Å². The van der Waals surface area contributed by atoms with E-state index >= 15 is 0 Å². The maximum Gasteiger partial charge on any atom is 0.196 e. The number of hydrogen-bond acceptors (Lipinski definition) is 4. The predicted molar refractivity (Wildman–Crippen MR) is 58.2 cm³/mol. The maximum atomic E-state index is 10.4. The van der Waals surface area contributed by atoms with Crippen LogP contribution in [0.2, 0.25) is 0 Å². The summed E-state index contributed by atoms with van der Waals surface area (Å²) >= 11 is 1.96. The van der Waals surface area contributed by atoms with Gasteiger partial charge in [-0.05, 0) is 18.2 Å². The molecule has 0 amide bonds. The fraction of sp³-hybridized carbons (Fsp3) is 0.500. The number of nitrogens with zero attached hydrogens (tertiary/aromatic N) is 1. The SMILES string of the molecule is CN(c1ccc(C=O)o1)C1CCSC1. The second-order valence-electron chi connectivity index (χ2n) is 3.42. The van der Waals surface area contributed by atoms with Crippen LogP contribution in [0.3, 0.4) is 0 Å². The first kappa shape index (κ1) is 9.65. The molecule has 0 radical (unpaired) electrons. The summed E-state index contributed by atoms with van der Waals surface area (Å²) in [5.74, 6) is 3.56. The molecule has 4 heteroatoms. The van der Waals surface area contributed by atoms with Gasteiger partial charge in [0, 0.05) is 24.9 Å². The van der Waals surface area contributed by atoms with Crippen LogP contribution in [0, 0.1) is 0 Å². The van der Waals surface area contributed by atoms with Crippen LogP contribution in [0.25, 0.3) is 0 Å². The minimum absolute atomic E-state index is 0.400. The molecule has 76 valence electrons. The third-order valence-electron chi connectivity index (χ3n) is 2.53. The zero-order chi connectivity index (χ0) is 9.97. The lowest BCUT2D eigenvalue weighted by Gasteiger charge is -2.22. The summed E-state index contributed by atoms with van der Waals surface area (Å²) in [5, 5.41) is 0. The third-order valence-corrected chi connectivity index (χ3v) is 3.67. The van der Waals surface area contributed by atoms with Crippen molar-refractivity contribution in [2.24, 2.45) is 0 Å². The fourth-order valence-electron chi connectivity index (χ4n) is 1.60. The molecule has 0 aromatic carbocycles. The van der Waals surface area contributed by atoms with Gasteiger partial charge in [0.05, 0.1) is 0 Å². The van der Waals surface area contributed by atoms with Gasteiger partial charge in [-0.15, -0.1) is 0 Å². The molecule has 1 aromatic heterocycles. The van der Waals surface area contributed by atoms with E-state index in [1.807, 2.05) is 24.9 Å². The highest BCUT2D eigenvalue weighted by molar-refractivity contribution is 7.99. The normalized spacial score (nSPS) is 21.1. The Balaban J connectivity index is 2.09. The first-order valence-corrected chi connectivity index (χ1v) is 5.82. The van der Waals surface area contributed by atoms with Crippen LogP contribution in [0.5, 0.6) is 0 Å². The molecule has 0 bridgehead atoms. The van der Waals surface area contributed by atoms with Crippen LogP contribution >= 0.6 is 11.8 Å². The highest BCUT2D eigenvalue weighted by atomic mass is 32.2. The number of thioether (sulfide) groups is 1. The largest absolute Gasteiger partial charge is 0.438 e. The van der Waals surface area contributed by atoms with E-state index in [0.29, 0.717) is 11.8 Å². The van der Waals surface area contributed by atoms with E-state index in [2.05, 4.69) is 4.90 Å². The van der Waals surface area contributed by atoms with Crippen LogP contribution < -0.4 is 4.90 Å².